The summed E-state index contributed by atoms with van der Waals surface area (Å²) >= 11 is 0. The predicted molar refractivity (Wildman–Crippen MR) is 125 cm³/mol. The number of piperidine rings is 1. The van der Waals surface area contributed by atoms with E-state index in [9.17, 15) is 4.79 Å². The van der Waals surface area contributed by atoms with Crippen molar-refractivity contribution in [2.45, 2.75) is 25.8 Å². The van der Waals surface area contributed by atoms with Crippen LogP contribution in [0.4, 0.5) is 10.5 Å². The van der Waals surface area contributed by atoms with Gasteiger partial charge in [0.2, 0.25) is 5.75 Å². The number of rotatable bonds is 6. The van der Waals surface area contributed by atoms with Gasteiger partial charge in [-0.3, -0.25) is 4.90 Å². The maximum Gasteiger partial charge on any atom is 0.321 e. The first-order chi connectivity index (χ1) is 15.6. The van der Waals surface area contributed by atoms with Gasteiger partial charge in [0, 0.05) is 44.9 Å². The minimum absolute atomic E-state index is 0.0898. The minimum atomic E-state index is -0.0898. The van der Waals surface area contributed by atoms with Gasteiger partial charge in [0.25, 0.3) is 0 Å². The van der Waals surface area contributed by atoms with Crippen LogP contribution in [0.3, 0.4) is 0 Å². The average Bonchev–Trinajstić information content (AvgIpc) is 2.83. The van der Waals surface area contributed by atoms with Crippen LogP contribution in [0, 0.1) is 5.92 Å². The van der Waals surface area contributed by atoms with E-state index in [-0.39, 0.29) is 6.03 Å². The number of benzene rings is 2. The van der Waals surface area contributed by atoms with E-state index in [0.29, 0.717) is 28.9 Å². The van der Waals surface area contributed by atoms with Gasteiger partial charge in [-0.05, 0) is 36.3 Å². The highest BCUT2D eigenvalue weighted by Gasteiger charge is 2.27. The molecule has 2 amide bonds. The fourth-order valence-corrected chi connectivity index (χ4v) is 4.83. The van der Waals surface area contributed by atoms with Gasteiger partial charge in [-0.2, -0.15) is 0 Å². The van der Waals surface area contributed by atoms with E-state index >= 15 is 0 Å². The third kappa shape index (κ3) is 4.93. The van der Waals surface area contributed by atoms with Crippen LogP contribution in [-0.4, -0.2) is 63.3 Å². The first-order valence-electron chi connectivity index (χ1n) is 11.3. The molecule has 1 saturated heterocycles. The van der Waals surface area contributed by atoms with Crippen LogP contribution in [0.15, 0.2) is 36.4 Å². The summed E-state index contributed by atoms with van der Waals surface area (Å²) in [7, 11) is 4.70. The Labute approximate surface area is 190 Å². The molecule has 0 aliphatic carbocycles. The summed E-state index contributed by atoms with van der Waals surface area (Å²) in [4.78, 5) is 17.5. The zero-order chi connectivity index (χ0) is 22.5. The Hall–Kier alpha value is -2.93. The van der Waals surface area contributed by atoms with Crippen LogP contribution in [0.5, 0.6) is 17.2 Å². The van der Waals surface area contributed by atoms with E-state index in [1.54, 1.807) is 33.5 Å². The van der Waals surface area contributed by atoms with Crippen molar-refractivity contribution in [2.24, 2.45) is 5.92 Å². The topological polar surface area (TPSA) is 63.3 Å². The summed E-state index contributed by atoms with van der Waals surface area (Å²) in [6.45, 7) is 4.67. The number of hydrogen-bond acceptors (Lipinski definition) is 5. The quantitative estimate of drug-likeness (QED) is 0.737. The number of carbonyl (C=O) groups is 1. The number of nitrogens with one attached hydrogen (secondary N) is 1. The Bertz CT molecular complexity index is 924. The lowest BCUT2D eigenvalue weighted by Crippen LogP contribution is -2.46. The first kappa shape index (κ1) is 22.3. The van der Waals surface area contributed by atoms with E-state index in [2.05, 4.69) is 34.5 Å². The second-order valence-electron chi connectivity index (χ2n) is 8.55. The number of urea groups is 1. The number of likely N-dealkylation sites (tertiary alicyclic amines) is 1. The Balaban J connectivity index is 1.37. The number of methoxy groups -OCH3 is 3. The number of ether oxygens (including phenoxy) is 3. The Morgan fingerprint density at radius 2 is 1.75 bits per heavy atom. The van der Waals surface area contributed by atoms with Crippen LogP contribution < -0.4 is 19.5 Å². The van der Waals surface area contributed by atoms with Crippen molar-refractivity contribution in [1.82, 2.24) is 9.80 Å². The number of fused-ring (bicyclic) bond motifs is 1. The zero-order valence-corrected chi connectivity index (χ0v) is 19.2. The highest BCUT2D eigenvalue weighted by molar-refractivity contribution is 5.90. The first-order valence-corrected chi connectivity index (χ1v) is 11.3. The number of amides is 2. The molecule has 32 heavy (non-hydrogen) atoms. The van der Waals surface area contributed by atoms with Crippen LogP contribution in [0.1, 0.15) is 24.0 Å². The molecule has 0 unspecified atom stereocenters. The van der Waals surface area contributed by atoms with Crippen molar-refractivity contribution < 1.29 is 19.0 Å². The Kier molecular flexibility index (Phi) is 7.05. The van der Waals surface area contributed by atoms with Gasteiger partial charge in [-0.15, -0.1) is 0 Å². The summed E-state index contributed by atoms with van der Waals surface area (Å²) in [5, 5.41) is 3.01. The predicted octanol–water partition coefficient (Wildman–Crippen LogP) is 4.01. The molecule has 7 nitrogen and oxygen atoms in total. The molecule has 2 heterocycles. The molecule has 172 valence electrons. The number of hydrogen-bond donors (Lipinski definition) is 1. The molecule has 0 aromatic heterocycles. The maximum absolute atomic E-state index is 13.0. The third-order valence-corrected chi connectivity index (χ3v) is 6.45. The minimum Gasteiger partial charge on any atom is -0.493 e. The monoisotopic (exact) mass is 439 g/mol. The van der Waals surface area contributed by atoms with Gasteiger partial charge >= 0.3 is 6.03 Å². The van der Waals surface area contributed by atoms with Gasteiger partial charge in [-0.1, -0.05) is 24.3 Å². The zero-order valence-electron chi connectivity index (χ0n) is 19.2. The second kappa shape index (κ2) is 10.1. The summed E-state index contributed by atoms with van der Waals surface area (Å²) in [6.07, 6.45) is 3.29. The summed E-state index contributed by atoms with van der Waals surface area (Å²) in [5.41, 5.74) is 3.53. The van der Waals surface area contributed by atoms with Gasteiger partial charge < -0.3 is 24.4 Å². The molecule has 0 bridgehead atoms. The van der Waals surface area contributed by atoms with Crippen molar-refractivity contribution in [3.63, 3.8) is 0 Å². The molecule has 4 rings (SSSR count). The van der Waals surface area contributed by atoms with Gasteiger partial charge in [0.05, 0.1) is 27.0 Å². The molecule has 1 atom stereocenters. The SMILES string of the molecule is COc1cc(NC(=O)N2CCC[C@H](CN3CCc4ccccc4C3)C2)cc(OC)c1OC. The van der Waals surface area contributed by atoms with E-state index in [1.807, 2.05) is 4.90 Å². The normalized spacial score (nSPS) is 18.6. The number of carbonyl (C=O) groups excluding carboxylic acids is 1. The van der Waals surface area contributed by atoms with Crippen LogP contribution in [-0.2, 0) is 13.0 Å². The lowest BCUT2D eigenvalue weighted by Gasteiger charge is -2.37. The number of nitrogens with zero attached hydrogens (tertiary/aromatic N) is 2. The molecule has 2 aliphatic heterocycles. The van der Waals surface area contributed by atoms with Crippen LogP contribution >= 0.6 is 0 Å². The third-order valence-electron chi connectivity index (χ3n) is 6.45. The summed E-state index contributed by atoms with van der Waals surface area (Å²) < 4.78 is 16.2. The maximum atomic E-state index is 13.0. The molecule has 2 aliphatic rings. The lowest BCUT2D eigenvalue weighted by atomic mass is 9.95. The molecule has 0 spiro atoms. The molecule has 1 fully saturated rings. The van der Waals surface area contributed by atoms with E-state index in [1.165, 1.54) is 11.1 Å². The molecule has 2 aromatic carbocycles. The molecule has 7 heteroatoms. The van der Waals surface area contributed by atoms with Gasteiger partial charge in [-0.25, -0.2) is 4.79 Å². The van der Waals surface area contributed by atoms with E-state index in [0.717, 1.165) is 52.0 Å². The van der Waals surface area contributed by atoms with Crippen molar-refractivity contribution >= 4 is 11.7 Å². The molecule has 2 aromatic rings. The highest BCUT2D eigenvalue weighted by Crippen LogP contribution is 2.40. The molecule has 1 N–H and O–H groups in total. The fourth-order valence-electron chi connectivity index (χ4n) is 4.83. The summed E-state index contributed by atoms with van der Waals surface area (Å²) in [6, 6.07) is 12.1. The largest absolute Gasteiger partial charge is 0.493 e. The molecular formula is C25H33N3O4. The Morgan fingerprint density at radius 3 is 2.44 bits per heavy atom. The lowest BCUT2D eigenvalue weighted by molar-refractivity contribution is 0.140. The van der Waals surface area contributed by atoms with E-state index < -0.39 is 0 Å². The molecule has 0 radical (unpaired) electrons. The number of anilines is 1. The summed E-state index contributed by atoms with van der Waals surface area (Å²) in [5.74, 6) is 2.03. The van der Waals surface area contributed by atoms with Crippen molar-refractivity contribution in [3.05, 3.63) is 47.5 Å². The van der Waals surface area contributed by atoms with Crippen LogP contribution in [0.2, 0.25) is 0 Å². The molecule has 0 saturated carbocycles. The van der Waals surface area contributed by atoms with E-state index in [4.69, 9.17) is 14.2 Å². The highest BCUT2D eigenvalue weighted by atomic mass is 16.5. The smallest absolute Gasteiger partial charge is 0.321 e. The molecular weight excluding hydrogens is 406 g/mol. The van der Waals surface area contributed by atoms with Crippen molar-refractivity contribution in [2.75, 3.05) is 52.8 Å². The van der Waals surface area contributed by atoms with Gasteiger partial charge in [0.15, 0.2) is 11.5 Å². The van der Waals surface area contributed by atoms with Crippen molar-refractivity contribution in [1.29, 1.82) is 0 Å². The average molecular weight is 440 g/mol. The second-order valence-corrected chi connectivity index (χ2v) is 8.55. The Morgan fingerprint density at radius 1 is 1.03 bits per heavy atom. The standard InChI is InChI=1S/C25H33N3O4/c1-30-22-13-21(14-23(31-2)24(22)32-3)26-25(29)28-11-6-7-18(16-28)15-27-12-10-19-8-4-5-9-20(19)17-27/h4-5,8-9,13-14,18H,6-7,10-12,15-17H2,1-3H3,(H,26,29)/t18-/m1/s1. The van der Waals surface area contributed by atoms with Gasteiger partial charge in [0.1, 0.15) is 0 Å². The fraction of sp³-hybridized carbons (Fsp3) is 0.480. The van der Waals surface area contributed by atoms with Crippen LogP contribution in [0.25, 0.3) is 0 Å². The van der Waals surface area contributed by atoms with Crippen molar-refractivity contribution in [3.8, 4) is 17.2 Å².